The highest BCUT2D eigenvalue weighted by Gasteiger charge is 2.40. The molecular formula is C35H41F3N6O5. The molecule has 0 bridgehead atoms. The molecule has 262 valence electrons. The first-order valence-electron chi connectivity index (χ1n) is 15.9. The standard InChI is InChI=1S/C35H41F3N6O5/c1-21-19-42(28(20-45)25-9-7-8-23(16-25)17-39-33(47)49-34(3,4)5)14-15-43(21)32(46)27-18-40-44-30(35(36,37)38)22(2)29(41-31(27)44)24-10-12-26(48-6)13-11-24/h7-13,16,18,21,28,45H,14-15,17,19-20H2,1-6H3,(H,39,47)/t21-,28-/m1/s1. The predicted molar refractivity (Wildman–Crippen MR) is 176 cm³/mol. The summed E-state index contributed by atoms with van der Waals surface area (Å²) in [5, 5.41) is 17.2. The molecule has 2 aromatic heterocycles. The van der Waals surface area contributed by atoms with Gasteiger partial charge < -0.3 is 24.8 Å². The Morgan fingerprint density at radius 3 is 2.43 bits per heavy atom. The number of ether oxygens (including phenoxy) is 2. The van der Waals surface area contributed by atoms with Crippen LogP contribution in [0.4, 0.5) is 18.0 Å². The Bertz CT molecular complexity index is 1820. The van der Waals surface area contributed by atoms with Gasteiger partial charge in [-0.15, -0.1) is 0 Å². The molecule has 49 heavy (non-hydrogen) atoms. The van der Waals surface area contributed by atoms with Crippen LogP contribution >= 0.6 is 0 Å². The Morgan fingerprint density at radius 1 is 1.10 bits per heavy atom. The van der Waals surface area contributed by atoms with E-state index in [1.807, 2.05) is 31.2 Å². The second-order valence-corrected chi connectivity index (χ2v) is 13.1. The Balaban J connectivity index is 1.36. The number of methoxy groups -OCH3 is 1. The van der Waals surface area contributed by atoms with Crippen LogP contribution in [0.3, 0.4) is 0 Å². The predicted octanol–water partition coefficient (Wildman–Crippen LogP) is 5.64. The number of aliphatic hydroxyl groups excluding tert-OH is 1. The summed E-state index contributed by atoms with van der Waals surface area (Å²) < 4.78 is 54.5. The van der Waals surface area contributed by atoms with Gasteiger partial charge in [0.1, 0.15) is 16.9 Å². The molecule has 0 radical (unpaired) electrons. The van der Waals surface area contributed by atoms with Crippen molar-refractivity contribution in [2.24, 2.45) is 0 Å². The smallest absolute Gasteiger partial charge is 0.433 e. The van der Waals surface area contributed by atoms with Crippen LogP contribution in [0.25, 0.3) is 16.9 Å². The minimum absolute atomic E-state index is 0.0375. The van der Waals surface area contributed by atoms with Crippen LogP contribution < -0.4 is 10.1 Å². The first kappa shape index (κ1) is 35.6. The van der Waals surface area contributed by atoms with Crippen molar-refractivity contribution < 1.29 is 37.3 Å². The molecule has 3 heterocycles. The maximum absolute atomic E-state index is 14.4. The molecule has 0 saturated carbocycles. The highest BCUT2D eigenvalue weighted by atomic mass is 19.4. The van der Waals surface area contributed by atoms with Crippen LogP contribution in [-0.4, -0.2) is 86.5 Å². The van der Waals surface area contributed by atoms with E-state index in [0.717, 1.165) is 17.3 Å². The molecule has 1 saturated heterocycles. The van der Waals surface area contributed by atoms with E-state index in [-0.39, 0.29) is 54.2 Å². The fraction of sp³-hybridized carbons (Fsp3) is 0.429. The van der Waals surface area contributed by atoms with Gasteiger partial charge in [-0.1, -0.05) is 24.3 Å². The van der Waals surface area contributed by atoms with Gasteiger partial charge in [0.25, 0.3) is 5.91 Å². The number of carbonyl (C=O) groups is 2. The van der Waals surface area contributed by atoms with Crippen LogP contribution in [-0.2, 0) is 17.5 Å². The summed E-state index contributed by atoms with van der Waals surface area (Å²) >= 11 is 0. The number of nitrogens with zero attached hydrogens (tertiary/aromatic N) is 5. The summed E-state index contributed by atoms with van der Waals surface area (Å²) in [6.07, 6.45) is -4.15. The van der Waals surface area contributed by atoms with Gasteiger partial charge >= 0.3 is 12.3 Å². The number of hydrogen-bond donors (Lipinski definition) is 2. The molecule has 11 nitrogen and oxygen atoms in total. The number of halogens is 3. The van der Waals surface area contributed by atoms with E-state index in [1.165, 1.54) is 14.0 Å². The van der Waals surface area contributed by atoms with E-state index in [2.05, 4.69) is 20.3 Å². The van der Waals surface area contributed by atoms with Crippen LogP contribution in [0.2, 0.25) is 0 Å². The highest BCUT2D eigenvalue weighted by Crippen LogP contribution is 2.37. The molecule has 0 spiro atoms. The number of aromatic nitrogens is 3. The molecule has 2 aromatic carbocycles. The summed E-state index contributed by atoms with van der Waals surface area (Å²) in [6.45, 7) is 9.66. The number of alkyl carbamates (subject to hydrolysis) is 1. The van der Waals surface area contributed by atoms with Crippen molar-refractivity contribution in [2.45, 2.75) is 65.0 Å². The summed E-state index contributed by atoms with van der Waals surface area (Å²) in [5.74, 6) is 0.0568. The van der Waals surface area contributed by atoms with Crippen molar-refractivity contribution in [3.8, 4) is 17.0 Å². The number of alkyl halides is 3. The average Bonchev–Trinajstić information content (AvgIpc) is 3.45. The Morgan fingerprint density at radius 2 is 1.82 bits per heavy atom. The third-order valence-electron chi connectivity index (χ3n) is 8.45. The van der Waals surface area contributed by atoms with Gasteiger partial charge in [-0.05, 0) is 70.0 Å². The molecular weight excluding hydrogens is 641 g/mol. The molecule has 1 fully saturated rings. The molecule has 0 unspecified atom stereocenters. The van der Waals surface area contributed by atoms with E-state index in [0.29, 0.717) is 28.9 Å². The molecule has 4 aromatic rings. The van der Waals surface area contributed by atoms with Crippen LogP contribution in [0.15, 0.2) is 54.7 Å². The van der Waals surface area contributed by atoms with Gasteiger partial charge in [-0.25, -0.2) is 14.3 Å². The highest BCUT2D eigenvalue weighted by molar-refractivity contribution is 6.00. The first-order chi connectivity index (χ1) is 23.1. The molecule has 1 aliphatic rings. The van der Waals surface area contributed by atoms with Crippen molar-refractivity contribution in [3.63, 3.8) is 0 Å². The van der Waals surface area contributed by atoms with E-state index in [9.17, 15) is 27.9 Å². The third-order valence-corrected chi connectivity index (χ3v) is 8.45. The lowest BCUT2D eigenvalue weighted by atomic mass is 10.0. The van der Waals surface area contributed by atoms with E-state index in [4.69, 9.17) is 9.47 Å². The largest absolute Gasteiger partial charge is 0.497 e. The third kappa shape index (κ3) is 7.81. The lowest BCUT2D eigenvalue weighted by Gasteiger charge is -2.43. The average molecular weight is 683 g/mol. The molecule has 0 aliphatic carbocycles. The van der Waals surface area contributed by atoms with E-state index >= 15 is 0 Å². The van der Waals surface area contributed by atoms with Crippen LogP contribution in [0.1, 0.15) is 66.5 Å². The lowest BCUT2D eigenvalue weighted by molar-refractivity contribution is -0.143. The van der Waals surface area contributed by atoms with Gasteiger partial charge in [-0.3, -0.25) is 9.69 Å². The van der Waals surface area contributed by atoms with Crippen LogP contribution in [0.5, 0.6) is 5.75 Å². The maximum atomic E-state index is 14.4. The number of piperazine rings is 1. The number of aliphatic hydroxyl groups is 1. The van der Waals surface area contributed by atoms with Gasteiger partial charge in [0.2, 0.25) is 0 Å². The number of carbonyl (C=O) groups excluding carboxylic acids is 2. The molecule has 2 atom stereocenters. The number of fused-ring (bicyclic) bond motifs is 1. The zero-order chi connectivity index (χ0) is 35.7. The molecule has 1 aliphatic heterocycles. The van der Waals surface area contributed by atoms with Crippen molar-refractivity contribution in [2.75, 3.05) is 33.4 Å². The summed E-state index contributed by atoms with van der Waals surface area (Å²) in [5.41, 5.74) is 0.220. The molecule has 5 rings (SSSR count). The zero-order valence-electron chi connectivity index (χ0n) is 28.3. The Labute approximate surface area is 282 Å². The lowest BCUT2D eigenvalue weighted by Crippen LogP contribution is -2.55. The topological polar surface area (TPSA) is 122 Å². The van der Waals surface area contributed by atoms with Gasteiger partial charge in [0, 0.05) is 43.3 Å². The van der Waals surface area contributed by atoms with Crippen molar-refractivity contribution in [3.05, 3.63) is 82.7 Å². The zero-order valence-corrected chi connectivity index (χ0v) is 28.3. The minimum atomic E-state index is -4.76. The van der Waals surface area contributed by atoms with Gasteiger partial charge in [0.15, 0.2) is 11.3 Å². The van der Waals surface area contributed by atoms with E-state index < -0.39 is 29.5 Å². The molecule has 2 N–H and O–H groups in total. The minimum Gasteiger partial charge on any atom is -0.497 e. The second-order valence-electron chi connectivity index (χ2n) is 13.1. The Kier molecular flexibility index (Phi) is 10.2. The first-order valence-corrected chi connectivity index (χ1v) is 15.9. The monoisotopic (exact) mass is 682 g/mol. The van der Waals surface area contributed by atoms with Crippen LogP contribution in [0, 0.1) is 6.92 Å². The number of amides is 2. The van der Waals surface area contributed by atoms with Gasteiger partial charge in [0.05, 0.1) is 31.6 Å². The summed E-state index contributed by atoms with van der Waals surface area (Å²) in [7, 11) is 1.49. The second kappa shape index (κ2) is 14.0. The summed E-state index contributed by atoms with van der Waals surface area (Å²) in [4.78, 5) is 34.3. The molecule has 14 heteroatoms. The quantitative estimate of drug-likeness (QED) is 0.245. The number of hydrogen-bond acceptors (Lipinski definition) is 8. The van der Waals surface area contributed by atoms with Crippen molar-refractivity contribution in [1.82, 2.24) is 29.7 Å². The number of rotatable bonds is 8. The maximum Gasteiger partial charge on any atom is 0.433 e. The Hall–Kier alpha value is -4.69. The van der Waals surface area contributed by atoms with Crippen molar-refractivity contribution in [1.29, 1.82) is 0 Å². The number of nitrogens with one attached hydrogen (secondary N) is 1. The molecule has 2 amide bonds. The van der Waals surface area contributed by atoms with Crippen molar-refractivity contribution >= 4 is 17.6 Å². The van der Waals surface area contributed by atoms with Gasteiger partial charge in [-0.2, -0.15) is 18.3 Å². The fourth-order valence-corrected chi connectivity index (χ4v) is 6.14. The SMILES string of the molecule is COc1ccc(-c2nc3c(C(=O)N4CCN([C@H](CO)c5cccc(CNC(=O)OC(C)(C)C)c5)C[C@H]4C)cnn3c(C(F)(F)F)c2C)cc1. The van der Waals surface area contributed by atoms with E-state index in [1.54, 1.807) is 49.9 Å². The fourth-order valence-electron chi connectivity index (χ4n) is 6.14. The summed E-state index contributed by atoms with van der Waals surface area (Å²) in [6, 6.07) is 13.3. The number of benzene rings is 2. The normalized spacial score (nSPS) is 16.4.